The predicted octanol–water partition coefficient (Wildman–Crippen LogP) is 2.41. The Labute approximate surface area is 116 Å². The van der Waals surface area contributed by atoms with Crippen molar-refractivity contribution in [2.75, 3.05) is 26.2 Å². The van der Waals surface area contributed by atoms with Gasteiger partial charge in [-0.1, -0.05) is 12.1 Å². The predicted molar refractivity (Wildman–Crippen MR) is 68.5 cm³/mol. The minimum Gasteiger partial charge on any atom is -0.406 e. The van der Waals surface area contributed by atoms with Gasteiger partial charge in [-0.05, 0) is 17.7 Å². The van der Waals surface area contributed by atoms with Gasteiger partial charge in [-0.15, -0.1) is 25.6 Å². The number of rotatable bonds is 3. The van der Waals surface area contributed by atoms with Crippen LogP contribution < -0.4 is 10.1 Å². The molecule has 1 heterocycles. The molecule has 0 spiro atoms. The molecule has 1 saturated heterocycles. The Morgan fingerprint density at radius 2 is 1.89 bits per heavy atom. The fourth-order valence-electron chi connectivity index (χ4n) is 1.97. The number of nitrogens with zero attached hydrogens (tertiary/aromatic N) is 1. The van der Waals surface area contributed by atoms with Crippen LogP contribution in [0.5, 0.6) is 5.75 Å². The smallest absolute Gasteiger partial charge is 0.406 e. The highest BCUT2D eigenvalue weighted by atomic mass is 35.5. The van der Waals surface area contributed by atoms with E-state index in [-0.39, 0.29) is 18.2 Å². The fraction of sp³-hybridized carbons (Fsp3) is 0.500. The number of alkyl halides is 3. The minimum atomic E-state index is -4.63. The number of hydrogen-bond acceptors (Lipinski definition) is 3. The number of piperazine rings is 1. The minimum absolute atomic E-state index is 0. The molecule has 1 N–H and O–H groups in total. The van der Waals surface area contributed by atoms with E-state index in [1.807, 2.05) is 6.07 Å². The highest BCUT2D eigenvalue weighted by Gasteiger charge is 2.31. The first kappa shape index (κ1) is 16.1. The quantitative estimate of drug-likeness (QED) is 0.927. The fourth-order valence-corrected chi connectivity index (χ4v) is 1.97. The summed E-state index contributed by atoms with van der Waals surface area (Å²) in [6.45, 7) is 4.29. The van der Waals surface area contributed by atoms with Crippen molar-refractivity contribution in [3.8, 4) is 5.75 Å². The molecule has 0 aromatic heterocycles. The molecule has 0 amide bonds. The molecular weight excluding hydrogens is 281 g/mol. The first-order valence-electron chi connectivity index (χ1n) is 5.81. The van der Waals surface area contributed by atoms with Crippen molar-refractivity contribution < 1.29 is 17.9 Å². The number of ether oxygens (including phenoxy) is 1. The Hall–Kier alpha value is -0.980. The Morgan fingerprint density at radius 1 is 1.21 bits per heavy atom. The van der Waals surface area contributed by atoms with E-state index < -0.39 is 6.36 Å². The average molecular weight is 297 g/mol. The van der Waals surface area contributed by atoms with Crippen molar-refractivity contribution in [2.24, 2.45) is 0 Å². The lowest BCUT2D eigenvalue weighted by molar-refractivity contribution is -0.274. The van der Waals surface area contributed by atoms with Crippen LogP contribution in [-0.4, -0.2) is 37.4 Å². The van der Waals surface area contributed by atoms with E-state index in [1.54, 1.807) is 6.07 Å². The molecule has 19 heavy (non-hydrogen) atoms. The Balaban J connectivity index is 0.00000180. The highest BCUT2D eigenvalue weighted by Crippen LogP contribution is 2.23. The maximum Gasteiger partial charge on any atom is 0.573 e. The van der Waals surface area contributed by atoms with Gasteiger partial charge in [0.1, 0.15) is 5.75 Å². The highest BCUT2D eigenvalue weighted by molar-refractivity contribution is 5.85. The van der Waals surface area contributed by atoms with Gasteiger partial charge in [0.25, 0.3) is 0 Å². The lowest BCUT2D eigenvalue weighted by Crippen LogP contribution is -2.42. The summed E-state index contributed by atoms with van der Waals surface area (Å²) < 4.78 is 40.2. The molecular formula is C12H16ClF3N2O. The summed E-state index contributed by atoms with van der Waals surface area (Å²) >= 11 is 0. The lowest BCUT2D eigenvalue weighted by Gasteiger charge is -2.27. The molecule has 3 nitrogen and oxygen atoms in total. The first-order chi connectivity index (χ1) is 8.53. The second-order valence-corrected chi connectivity index (χ2v) is 4.22. The van der Waals surface area contributed by atoms with Crippen LogP contribution in [0.1, 0.15) is 5.56 Å². The van der Waals surface area contributed by atoms with Gasteiger partial charge in [0, 0.05) is 32.7 Å². The number of halogens is 4. The molecule has 7 heteroatoms. The third-order valence-corrected chi connectivity index (χ3v) is 2.75. The molecule has 2 rings (SSSR count). The van der Waals surface area contributed by atoms with Crippen LogP contribution in [0.3, 0.4) is 0 Å². The third kappa shape index (κ3) is 5.67. The number of hydrogen-bond donors (Lipinski definition) is 1. The number of benzene rings is 1. The van der Waals surface area contributed by atoms with E-state index in [0.29, 0.717) is 6.54 Å². The molecule has 0 atom stereocenters. The molecule has 1 aliphatic heterocycles. The van der Waals surface area contributed by atoms with E-state index in [0.717, 1.165) is 31.7 Å². The summed E-state index contributed by atoms with van der Waals surface area (Å²) in [6, 6.07) is 6.15. The summed E-state index contributed by atoms with van der Waals surface area (Å²) in [5.74, 6) is -0.157. The Bertz CT molecular complexity index is 395. The zero-order chi connectivity index (χ0) is 13.0. The zero-order valence-electron chi connectivity index (χ0n) is 10.2. The molecule has 108 valence electrons. The van der Waals surface area contributed by atoms with Gasteiger partial charge in [-0.3, -0.25) is 4.90 Å². The van der Waals surface area contributed by atoms with Gasteiger partial charge in [-0.2, -0.15) is 0 Å². The Morgan fingerprint density at radius 3 is 2.53 bits per heavy atom. The van der Waals surface area contributed by atoms with E-state index in [4.69, 9.17) is 0 Å². The van der Waals surface area contributed by atoms with E-state index in [1.165, 1.54) is 12.1 Å². The largest absolute Gasteiger partial charge is 0.573 e. The van der Waals surface area contributed by atoms with Gasteiger partial charge in [0.05, 0.1) is 0 Å². The third-order valence-electron chi connectivity index (χ3n) is 2.75. The van der Waals surface area contributed by atoms with Crippen LogP contribution in [0.4, 0.5) is 13.2 Å². The molecule has 1 fully saturated rings. The van der Waals surface area contributed by atoms with Gasteiger partial charge in [-0.25, -0.2) is 0 Å². The normalized spacial score (nSPS) is 16.8. The molecule has 0 unspecified atom stereocenters. The van der Waals surface area contributed by atoms with E-state index in [2.05, 4.69) is 15.0 Å². The van der Waals surface area contributed by atoms with Crippen LogP contribution in [-0.2, 0) is 6.54 Å². The second-order valence-electron chi connectivity index (χ2n) is 4.22. The summed E-state index contributed by atoms with van der Waals surface area (Å²) in [6.07, 6.45) is -4.63. The van der Waals surface area contributed by atoms with Crippen molar-refractivity contribution in [1.29, 1.82) is 0 Å². The zero-order valence-corrected chi connectivity index (χ0v) is 11.1. The monoisotopic (exact) mass is 296 g/mol. The van der Waals surface area contributed by atoms with Gasteiger partial charge >= 0.3 is 6.36 Å². The summed E-state index contributed by atoms with van der Waals surface area (Å²) in [5, 5.41) is 3.23. The van der Waals surface area contributed by atoms with Crippen LogP contribution in [0.2, 0.25) is 0 Å². The topological polar surface area (TPSA) is 24.5 Å². The van der Waals surface area contributed by atoms with Gasteiger partial charge < -0.3 is 10.1 Å². The molecule has 1 aromatic rings. The van der Waals surface area contributed by atoms with Crippen molar-refractivity contribution in [2.45, 2.75) is 12.9 Å². The van der Waals surface area contributed by atoms with E-state index >= 15 is 0 Å². The van der Waals surface area contributed by atoms with Crippen molar-refractivity contribution >= 4 is 12.4 Å². The van der Waals surface area contributed by atoms with Crippen molar-refractivity contribution in [3.63, 3.8) is 0 Å². The molecule has 1 aliphatic rings. The Kier molecular flexibility index (Phi) is 5.90. The van der Waals surface area contributed by atoms with Crippen LogP contribution in [0.15, 0.2) is 24.3 Å². The first-order valence-corrected chi connectivity index (χ1v) is 5.81. The maximum atomic E-state index is 12.1. The standard InChI is InChI=1S/C12H15F3N2O.ClH/c13-12(14,15)18-11-3-1-2-10(8-11)9-17-6-4-16-5-7-17;/h1-3,8,16H,4-7,9H2;1H. The molecule has 0 radical (unpaired) electrons. The van der Waals surface area contributed by atoms with Crippen molar-refractivity contribution in [1.82, 2.24) is 10.2 Å². The van der Waals surface area contributed by atoms with Gasteiger partial charge in [0.15, 0.2) is 0 Å². The lowest BCUT2D eigenvalue weighted by atomic mass is 10.2. The molecule has 0 bridgehead atoms. The SMILES string of the molecule is Cl.FC(F)(F)Oc1cccc(CN2CCNCC2)c1. The van der Waals surface area contributed by atoms with Crippen LogP contribution in [0.25, 0.3) is 0 Å². The van der Waals surface area contributed by atoms with Crippen LogP contribution >= 0.6 is 12.4 Å². The molecule has 0 saturated carbocycles. The average Bonchev–Trinajstić information content (AvgIpc) is 2.28. The maximum absolute atomic E-state index is 12.1. The van der Waals surface area contributed by atoms with Gasteiger partial charge in [0.2, 0.25) is 0 Å². The second kappa shape index (κ2) is 6.98. The van der Waals surface area contributed by atoms with E-state index in [9.17, 15) is 13.2 Å². The summed E-state index contributed by atoms with van der Waals surface area (Å²) in [7, 11) is 0. The van der Waals surface area contributed by atoms with Crippen molar-refractivity contribution in [3.05, 3.63) is 29.8 Å². The summed E-state index contributed by atoms with van der Waals surface area (Å²) in [5.41, 5.74) is 0.832. The molecule has 1 aromatic carbocycles. The number of nitrogens with one attached hydrogen (secondary N) is 1. The molecule has 0 aliphatic carbocycles. The van der Waals surface area contributed by atoms with Crippen LogP contribution in [0, 0.1) is 0 Å². The summed E-state index contributed by atoms with van der Waals surface area (Å²) in [4.78, 5) is 2.20.